The quantitative estimate of drug-likeness (QED) is 0.713. The van der Waals surface area contributed by atoms with Crippen LogP contribution < -0.4 is 0 Å². The Kier molecular flexibility index (Phi) is 2.63. The first-order valence-electron chi connectivity index (χ1n) is 4.58. The number of hydrogen-bond donors (Lipinski definition) is 0. The predicted octanol–water partition coefficient (Wildman–Crippen LogP) is 3.54. The van der Waals surface area contributed by atoms with Crippen molar-refractivity contribution in [1.82, 2.24) is 5.16 Å². The van der Waals surface area contributed by atoms with Gasteiger partial charge in [0.1, 0.15) is 18.1 Å². The number of hydrogen-bond acceptors (Lipinski definition) is 2. The van der Waals surface area contributed by atoms with Crippen LogP contribution in [0.25, 0.3) is 11.3 Å². The molecule has 1 heterocycles. The van der Waals surface area contributed by atoms with Gasteiger partial charge in [-0.3, -0.25) is 0 Å². The standard InChI is InChI=1S/C12H10FNO/c1-2-11(13)9-3-5-10(6-4-9)12-7-8-15-14-12/h2-8,11H,1H2. The molecule has 2 rings (SSSR count). The largest absolute Gasteiger partial charge is 0.364 e. The van der Waals surface area contributed by atoms with E-state index in [4.69, 9.17) is 4.52 Å². The maximum absolute atomic E-state index is 13.2. The van der Waals surface area contributed by atoms with Crippen LogP contribution in [0.15, 0.2) is 53.8 Å². The number of alkyl halides is 1. The van der Waals surface area contributed by atoms with Crippen LogP contribution in [0.2, 0.25) is 0 Å². The third-order valence-corrected chi connectivity index (χ3v) is 2.17. The molecule has 0 amide bonds. The minimum Gasteiger partial charge on any atom is -0.364 e. The van der Waals surface area contributed by atoms with Gasteiger partial charge in [0.2, 0.25) is 0 Å². The summed E-state index contributed by atoms with van der Waals surface area (Å²) in [6.07, 6.45) is 1.66. The summed E-state index contributed by atoms with van der Waals surface area (Å²) >= 11 is 0. The summed E-state index contributed by atoms with van der Waals surface area (Å²) in [5, 5.41) is 3.79. The van der Waals surface area contributed by atoms with E-state index in [-0.39, 0.29) is 0 Å². The van der Waals surface area contributed by atoms with Gasteiger partial charge in [-0.2, -0.15) is 0 Å². The van der Waals surface area contributed by atoms with E-state index >= 15 is 0 Å². The van der Waals surface area contributed by atoms with Crippen LogP contribution in [-0.4, -0.2) is 5.16 Å². The van der Waals surface area contributed by atoms with Gasteiger partial charge in [-0.05, 0) is 5.56 Å². The number of benzene rings is 1. The third kappa shape index (κ3) is 1.96. The molecule has 1 aromatic carbocycles. The monoisotopic (exact) mass is 203 g/mol. The van der Waals surface area contributed by atoms with Gasteiger partial charge >= 0.3 is 0 Å². The lowest BCUT2D eigenvalue weighted by Crippen LogP contribution is -1.86. The summed E-state index contributed by atoms with van der Waals surface area (Å²) in [5.74, 6) is 0. The molecule has 0 radical (unpaired) electrons. The molecular weight excluding hydrogens is 193 g/mol. The van der Waals surface area contributed by atoms with Crippen molar-refractivity contribution in [3.8, 4) is 11.3 Å². The van der Waals surface area contributed by atoms with Crippen LogP contribution in [0.4, 0.5) is 4.39 Å². The molecule has 1 atom stereocenters. The van der Waals surface area contributed by atoms with Gasteiger partial charge in [-0.1, -0.05) is 42.1 Å². The number of nitrogens with zero attached hydrogens (tertiary/aromatic N) is 1. The second-order valence-corrected chi connectivity index (χ2v) is 3.14. The Morgan fingerprint density at radius 1 is 1.27 bits per heavy atom. The SMILES string of the molecule is C=CC(F)c1ccc(-c2ccon2)cc1. The smallest absolute Gasteiger partial charge is 0.143 e. The molecule has 2 aromatic rings. The van der Waals surface area contributed by atoms with E-state index in [0.717, 1.165) is 11.3 Å². The molecule has 0 bridgehead atoms. The second-order valence-electron chi connectivity index (χ2n) is 3.14. The highest BCUT2D eigenvalue weighted by Gasteiger charge is 2.05. The highest BCUT2D eigenvalue weighted by Crippen LogP contribution is 2.22. The fourth-order valence-electron chi connectivity index (χ4n) is 1.34. The van der Waals surface area contributed by atoms with Crippen LogP contribution in [0.5, 0.6) is 0 Å². The van der Waals surface area contributed by atoms with Crippen LogP contribution in [0, 0.1) is 0 Å². The molecule has 3 heteroatoms. The van der Waals surface area contributed by atoms with Gasteiger partial charge in [0.15, 0.2) is 0 Å². The fourth-order valence-corrected chi connectivity index (χ4v) is 1.34. The van der Waals surface area contributed by atoms with E-state index in [0.29, 0.717) is 5.56 Å². The summed E-state index contributed by atoms with van der Waals surface area (Å²) in [5.41, 5.74) is 2.25. The van der Waals surface area contributed by atoms with Gasteiger partial charge in [-0.15, -0.1) is 0 Å². The van der Waals surface area contributed by atoms with Crippen molar-refractivity contribution in [2.24, 2.45) is 0 Å². The molecule has 76 valence electrons. The minimum absolute atomic E-state index is 0.595. The Hall–Kier alpha value is -1.90. The van der Waals surface area contributed by atoms with Crippen molar-refractivity contribution < 1.29 is 8.91 Å². The zero-order valence-corrected chi connectivity index (χ0v) is 8.06. The van der Waals surface area contributed by atoms with Crippen molar-refractivity contribution in [2.45, 2.75) is 6.17 Å². The average molecular weight is 203 g/mol. The maximum Gasteiger partial charge on any atom is 0.143 e. The number of allylic oxidation sites excluding steroid dienone is 1. The molecule has 2 nitrogen and oxygen atoms in total. The first kappa shape index (κ1) is 9.65. The predicted molar refractivity (Wildman–Crippen MR) is 56.0 cm³/mol. The van der Waals surface area contributed by atoms with Crippen molar-refractivity contribution >= 4 is 0 Å². The number of rotatable bonds is 3. The first-order valence-corrected chi connectivity index (χ1v) is 4.58. The van der Waals surface area contributed by atoms with Crippen molar-refractivity contribution in [2.75, 3.05) is 0 Å². The molecule has 0 aliphatic heterocycles. The van der Waals surface area contributed by atoms with E-state index in [1.807, 2.05) is 12.1 Å². The Balaban J connectivity index is 2.28. The summed E-state index contributed by atoms with van der Waals surface area (Å²) in [7, 11) is 0. The van der Waals surface area contributed by atoms with Crippen molar-refractivity contribution in [1.29, 1.82) is 0 Å². The number of aromatic nitrogens is 1. The van der Waals surface area contributed by atoms with E-state index in [9.17, 15) is 4.39 Å². The normalized spacial score (nSPS) is 12.3. The summed E-state index contributed by atoms with van der Waals surface area (Å²) in [6, 6.07) is 8.81. The van der Waals surface area contributed by atoms with Crippen LogP contribution >= 0.6 is 0 Å². The molecule has 0 fully saturated rings. The molecule has 0 spiro atoms. The maximum atomic E-state index is 13.2. The van der Waals surface area contributed by atoms with E-state index in [2.05, 4.69) is 11.7 Å². The molecule has 0 N–H and O–H groups in total. The lowest BCUT2D eigenvalue weighted by Gasteiger charge is -2.03. The highest BCUT2D eigenvalue weighted by molar-refractivity contribution is 5.58. The van der Waals surface area contributed by atoms with Crippen molar-refractivity contribution in [3.63, 3.8) is 0 Å². The molecule has 0 aliphatic rings. The van der Waals surface area contributed by atoms with Gasteiger partial charge in [0, 0.05) is 11.6 Å². The molecule has 0 aliphatic carbocycles. The lowest BCUT2D eigenvalue weighted by molar-refractivity contribution is 0.415. The van der Waals surface area contributed by atoms with E-state index in [1.165, 1.54) is 12.3 Å². The first-order chi connectivity index (χ1) is 7.31. The number of halogens is 1. The van der Waals surface area contributed by atoms with E-state index < -0.39 is 6.17 Å². The Labute approximate surface area is 87.0 Å². The van der Waals surface area contributed by atoms with Gasteiger partial charge < -0.3 is 4.52 Å². The molecule has 15 heavy (non-hydrogen) atoms. The molecule has 1 aromatic heterocycles. The fraction of sp³-hybridized carbons (Fsp3) is 0.0833. The van der Waals surface area contributed by atoms with Crippen molar-refractivity contribution in [3.05, 3.63) is 54.8 Å². The summed E-state index contributed by atoms with van der Waals surface area (Å²) < 4.78 is 17.9. The molecule has 0 saturated carbocycles. The minimum atomic E-state index is -1.11. The van der Waals surface area contributed by atoms with Crippen LogP contribution in [-0.2, 0) is 0 Å². The Morgan fingerprint density at radius 2 is 2.00 bits per heavy atom. The molecular formula is C12H10FNO. The van der Waals surface area contributed by atoms with Gasteiger partial charge in [-0.25, -0.2) is 4.39 Å². The Bertz CT molecular complexity index is 433. The molecule has 0 saturated heterocycles. The lowest BCUT2D eigenvalue weighted by atomic mass is 10.1. The summed E-state index contributed by atoms with van der Waals surface area (Å²) in [6.45, 7) is 3.41. The highest BCUT2D eigenvalue weighted by atomic mass is 19.1. The van der Waals surface area contributed by atoms with Gasteiger partial charge in [0.05, 0.1) is 0 Å². The third-order valence-electron chi connectivity index (χ3n) is 2.17. The average Bonchev–Trinajstić information content (AvgIpc) is 2.82. The van der Waals surface area contributed by atoms with E-state index in [1.54, 1.807) is 18.2 Å². The summed E-state index contributed by atoms with van der Waals surface area (Å²) in [4.78, 5) is 0. The van der Waals surface area contributed by atoms with Crippen LogP contribution in [0.1, 0.15) is 11.7 Å². The zero-order valence-electron chi connectivity index (χ0n) is 8.06. The van der Waals surface area contributed by atoms with Gasteiger partial charge in [0.25, 0.3) is 0 Å². The second kappa shape index (κ2) is 4.09. The van der Waals surface area contributed by atoms with Crippen LogP contribution in [0.3, 0.4) is 0 Å². The topological polar surface area (TPSA) is 26.0 Å². The Morgan fingerprint density at radius 3 is 2.53 bits per heavy atom. The zero-order chi connectivity index (χ0) is 10.7. The molecule has 1 unspecified atom stereocenters.